The quantitative estimate of drug-likeness (QED) is 0.705. The van der Waals surface area contributed by atoms with Crippen molar-refractivity contribution in [2.24, 2.45) is 0 Å². The maximum Gasteiger partial charge on any atom is 0.145 e. The van der Waals surface area contributed by atoms with Gasteiger partial charge < -0.3 is 9.47 Å². The van der Waals surface area contributed by atoms with Crippen LogP contribution in [0.2, 0.25) is 0 Å². The smallest absolute Gasteiger partial charge is 0.145 e. The van der Waals surface area contributed by atoms with Gasteiger partial charge in [-0.25, -0.2) is 0 Å². The maximum atomic E-state index is 6.05. The van der Waals surface area contributed by atoms with E-state index in [1.807, 2.05) is 0 Å². The highest BCUT2D eigenvalue weighted by Crippen LogP contribution is 2.42. The predicted molar refractivity (Wildman–Crippen MR) is 66.9 cm³/mol. The molecule has 3 heteroatoms. The number of rotatable bonds is 0. The summed E-state index contributed by atoms with van der Waals surface area (Å²) >= 11 is 0. The molecule has 1 N–H and O–H groups in total. The van der Waals surface area contributed by atoms with Crippen molar-refractivity contribution in [3.63, 3.8) is 0 Å². The number of nitrogens with one attached hydrogen (secondary N) is 1. The number of hydrogen-bond donors (Lipinski definition) is 1. The van der Waals surface area contributed by atoms with Gasteiger partial charge in [0.2, 0.25) is 0 Å². The van der Waals surface area contributed by atoms with Gasteiger partial charge >= 0.3 is 0 Å². The van der Waals surface area contributed by atoms with E-state index in [0.29, 0.717) is 12.1 Å². The van der Waals surface area contributed by atoms with Crippen LogP contribution >= 0.6 is 0 Å². The SMILES string of the molecule is CC1(C)CC2(CO1)NC1(CCCCC1)CCO2. The van der Waals surface area contributed by atoms with E-state index >= 15 is 0 Å². The summed E-state index contributed by atoms with van der Waals surface area (Å²) in [5, 5.41) is 3.85. The lowest BCUT2D eigenvalue weighted by atomic mass is 9.77. The van der Waals surface area contributed by atoms with Gasteiger partial charge in [-0.05, 0) is 33.1 Å². The summed E-state index contributed by atoms with van der Waals surface area (Å²) in [4.78, 5) is 0. The molecule has 1 unspecified atom stereocenters. The van der Waals surface area contributed by atoms with E-state index in [0.717, 1.165) is 13.0 Å². The fourth-order valence-electron chi connectivity index (χ4n) is 3.90. The minimum Gasteiger partial charge on any atom is -0.371 e. The third-order valence-corrected chi connectivity index (χ3v) is 4.67. The van der Waals surface area contributed by atoms with Crippen LogP contribution in [0.3, 0.4) is 0 Å². The van der Waals surface area contributed by atoms with Crippen molar-refractivity contribution in [3.05, 3.63) is 0 Å². The molecule has 2 saturated heterocycles. The largest absolute Gasteiger partial charge is 0.371 e. The minimum absolute atomic E-state index is 0.0415. The summed E-state index contributed by atoms with van der Waals surface area (Å²) in [5.41, 5.74) is 0.111. The molecular formula is C14H25NO2. The minimum atomic E-state index is -0.195. The van der Waals surface area contributed by atoms with Gasteiger partial charge in [0.15, 0.2) is 0 Å². The topological polar surface area (TPSA) is 30.5 Å². The van der Waals surface area contributed by atoms with Crippen molar-refractivity contribution >= 4 is 0 Å². The molecule has 0 aromatic rings. The van der Waals surface area contributed by atoms with E-state index in [-0.39, 0.29) is 11.3 Å². The Balaban J connectivity index is 1.75. The van der Waals surface area contributed by atoms with Gasteiger partial charge in [-0.3, -0.25) is 5.32 Å². The molecule has 2 spiro atoms. The average molecular weight is 239 g/mol. The first-order valence-electron chi connectivity index (χ1n) is 7.11. The fourth-order valence-corrected chi connectivity index (χ4v) is 3.90. The average Bonchev–Trinajstić information content (AvgIpc) is 2.55. The number of ether oxygens (including phenoxy) is 2. The summed E-state index contributed by atoms with van der Waals surface area (Å²) in [6, 6.07) is 0. The van der Waals surface area contributed by atoms with Crippen LogP contribution < -0.4 is 5.32 Å². The van der Waals surface area contributed by atoms with Gasteiger partial charge in [-0.15, -0.1) is 0 Å². The molecule has 0 radical (unpaired) electrons. The first kappa shape index (κ1) is 11.9. The van der Waals surface area contributed by atoms with Crippen LogP contribution in [0.15, 0.2) is 0 Å². The Hall–Kier alpha value is -0.120. The van der Waals surface area contributed by atoms with Crippen LogP contribution in [0, 0.1) is 0 Å². The summed E-state index contributed by atoms with van der Waals surface area (Å²) in [6.07, 6.45) is 8.92. The third-order valence-electron chi connectivity index (χ3n) is 4.67. The molecule has 3 fully saturated rings. The molecule has 1 saturated carbocycles. The second kappa shape index (κ2) is 3.94. The number of hydrogen-bond acceptors (Lipinski definition) is 3. The third kappa shape index (κ3) is 2.25. The second-order valence-corrected chi connectivity index (χ2v) is 6.78. The van der Waals surface area contributed by atoms with E-state index in [9.17, 15) is 0 Å². The molecule has 0 aromatic heterocycles. The molecule has 3 rings (SSSR count). The van der Waals surface area contributed by atoms with Crippen molar-refractivity contribution in [3.8, 4) is 0 Å². The lowest BCUT2D eigenvalue weighted by molar-refractivity contribution is -0.138. The first-order chi connectivity index (χ1) is 8.04. The highest BCUT2D eigenvalue weighted by atomic mass is 16.6. The molecule has 0 bridgehead atoms. The van der Waals surface area contributed by atoms with Crippen LogP contribution in [0.5, 0.6) is 0 Å². The molecule has 98 valence electrons. The lowest BCUT2D eigenvalue weighted by Crippen LogP contribution is -2.65. The zero-order valence-electron chi connectivity index (χ0n) is 11.2. The van der Waals surface area contributed by atoms with Crippen LogP contribution in [0.4, 0.5) is 0 Å². The monoisotopic (exact) mass is 239 g/mol. The zero-order valence-corrected chi connectivity index (χ0v) is 11.2. The molecule has 2 aliphatic heterocycles. The van der Waals surface area contributed by atoms with E-state index < -0.39 is 0 Å². The normalized spacial score (nSPS) is 39.9. The molecule has 3 nitrogen and oxygen atoms in total. The van der Waals surface area contributed by atoms with Crippen LogP contribution in [0.1, 0.15) is 58.8 Å². The Bertz CT molecular complexity index is 291. The van der Waals surface area contributed by atoms with Gasteiger partial charge in [-0.2, -0.15) is 0 Å². The highest BCUT2D eigenvalue weighted by Gasteiger charge is 2.52. The lowest BCUT2D eigenvalue weighted by Gasteiger charge is -2.49. The molecule has 17 heavy (non-hydrogen) atoms. The van der Waals surface area contributed by atoms with Crippen molar-refractivity contribution in [2.75, 3.05) is 13.2 Å². The van der Waals surface area contributed by atoms with Gasteiger partial charge in [0, 0.05) is 12.0 Å². The predicted octanol–water partition coefficient (Wildman–Crippen LogP) is 2.59. The van der Waals surface area contributed by atoms with E-state index in [2.05, 4.69) is 19.2 Å². The van der Waals surface area contributed by atoms with E-state index in [4.69, 9.17) is 9.47 Å². The molecule has 2 heterocycles. The van der Waals surface area contributed by atoms with Crippen molar-refractivity contribution in [1.29, 1.82) is 0 Å². The summed E-state index contributed by atoms with van der Waals surface area (Å²) < 4.78 is 11.9. The van der Waals surface area contributed by atoms with Gasteiger partial charge in [0.05, 0.1) is 18.8 Å². The molecule has 0 amide bonds. The summed E-state index contributed by atoms with van der Waals surface area (Å²) in [5.74, 6) is 0. The first-order valence-corrected chi connectivity index (χ1v) is 7.11. The van der Waals surface area contributed by atoms with Crippen LogP contribution in [-0.4, -0.2) is 30.1 Å². The molecule has 0 aromatic carbocycles. The Morgan fingerprint density at radius 1 is 0.941 bits per heavy atom. The molecular weight excluding hydrogens is 214 g/mol. The van der Waals surface area contributed by atoms with Gasteiger partial charge in [0.25, 0.3) is 0 Å². The Kier molecular flexibility index (Phi) is 2.77. The Morgan fingerprint density at radius 3 is 2.35 bits per heavy atom. The molecule has 1 atom stereocenters. The van der Waals surface area contributed by atoms with E-state index in [1.54, 1.807) is 0 Å². The fraction of sp³-hybridized carbons (Fsp3) is 1.00. The standard InChI is InChI=1S/C14H25NO2/c1-12(2)10-14(11-17-12)15-13(8-9-16-14)6-4-3-5-7-13/h15H,3-11H2,1-2H3. The summed E-state index contributed by atoms with van der Waals surface area (Å²) in [6.45, 7) is 5.93. The van der Waals surface area contributed by atoms with Gasteiger partial charge in [0.1, 0.15) is 5.72 Å². The molecule has 3 aliphatic rings. The van der Waals surface area contributed by atoms with Crippen molar-refractivity contribution in [1.82, 2.24) is 5.32 Å². The Labute approximate surface area is 104 Å². The second-order valence-electron chi connectivity index (χ2n) is 6.78. The van der Waals surface area contributed by atoms with Gasteiger partial charge in [-0.1, -0.05) is 19.3 Å². The van der Waals surface area contributed by atoms with Crippen molar-refractivity contribution in [2.45, 2.75) is 75.7 Å². The molecule has 1 aliphatic carbocycles. The maximum absolute atomic E-state index is 6.05. The van der Waals surface area contributed by atoms with E-state index in [1.165, 1.54) is 38.5 Å². The van der Waals surface area contributed by atoms with Crippen LogP contribution in [-0.2, 0) is 9.47 Å². The van der Waals surface area contributed by atoms with Crippen LogP contribution in [0.25, 0.3) is 0 Å². The summed E-state index contributed by atoms with van der Waals surface area (Å²) in [7, 11) is 0. The highest BCUT2D eigenvalue weighted by molar-refractivity contribution is 5.03. The zero-order chi connectivity index (χ0) is 12.0. The Morgan fingerprint density at radius 2 is 1.71 bits per heavy atom. The van der Waals surface area contributed by atoms with Crippen molar-refractivity contribution < 1.29 is 9.47 Å².